The Morgan fingerprint density at radius 3 is 2.68 bits per heavy atom. The Labute approximate surface area is 120 Å². The highest BCUT2D eigenvalue weighted by Gasteiger charge is 2.09. The van der Waals surface area contributed by atoms with E-state index in [4.69, 9.17) is 34.3 Å². The van der Waals surface area contributed by atoms with Crippen molar-refractivity contribution in [3.8, 4) is 5.75 Å². The van der Waals surface area contributed by atoms with E-state index in [-0.39, 0.29) is 16.6 Å². The first-order valence-corrected chi connectivity index (χ1v) is 6.32. The zero-order valence-corrected chi connectivity index (χ0v) is 11.5. The number of hydrogen-bond acceptors (Lipinski definition) is 2. The van der Waals surface area contributed by atoms with E-state index < -0.39 is 5.82 Å². The molecule has 2 aromatic carbocycles. The molecule has 0 aliphatic heterocycles. The van der Waals surface area contributed by atoms with Crippen molar-refractivity contribution < 1.29 is 9.13 Å². The lowest BCUT2D eigenvalue weighted by molar-refractivity contribution is 0.305. The summed E-state index contributed by atoms with van der Waals surface area (Å²) in [6.45, 7) is 0.149. The Bertz CT molecular complexity index is 618. The van der Waals surface area contributed by atoms with E-state index in [2.05, 4.69) is 0 Å². The fourth-order valence-electron chi connectivity index (χ4n) is 1.61. The quantitative estimate of drug-likeness (QED) is 0.874. The minimum Gasteiger partial charge on any atom is -0.488 e. The van der Waals surface area contributed by atoms with Gasteiger partial charge in [-0.15, -0.1) is 0 Å². The van der Waals surface area contributed by atoms with E-state index in [1.54, 1.807) is 24.3 Å². The molecule has 0 atom stereocenters. The van der Waals surface area contributed by atoms with Gasteiger partial charge in [0.1, 0.15) is 23.2 Å². The van der Waals surface area contributed by atoms with Gasteiger partial charge in [0.05, 0.1) is 10.6 Å². The number of ether oxygens (including phenoxy) is 1. The number of thiocarbonyl (C=S) groups is 1. The van der Waals surface area contributed by atoms with Gasteiger partial charge in [-0.05, 0) is 18.2 Å². The molecule has 0 radical (unpaired) electrons. The molecule has 2 N–H and O–H groups in total. The first kappa shape index (κ1) is 13.8. The van der Waals surface area contributed by atoms with Crippen LogP contribution in [0.5, 0.6) is 5.75 Å². The minimum absolute atomic E-state index is 0.0651. The van der Waals surface area contributed by atoms with E-state index in [0.29, 0.717) is 16.9 Å². The molecule has 0 fully saturated rings. The van der Waals surface area contributed by atoms with Gasteiger partial charge in [-0.1, -0.05) is 48.1 Å². The lowest BCUT2D eigenvalue weighted by Crippen LogP contribution is -2.11. The maximum atomic E-state index is 13.3. The zero-order chi connectivity index (χ0) is 13.8. The third kappa shape index (κ3) is 3.22. The summed E-state index contributed by atoms with van der Waals surface area (Å²) in [4.78, 5) is 0.251. The van der Waals surface area contributed by atoms with E-state index in [9.17, 15) is 4.39 Å². The van der Waals surface area contributed by atoms with Crippen LogP contribution in [0, 0.1) is 5.82 Å². The number of para-hydroxylation sites is 1. The van der Waals surface area contributed by atoms with Gasteiger partial charge in [0.15, 0.2) is 0 Å². The van der Waals surface area contributed by atoms with Gasteiger partial charge in [0.25, 0.3) is 0 Å². The molecule has 19 heavy (non-hydrogen) atoms. The van der Waals surface area contributed by atoms with Crippen molar-refractivity contribution in [2.75, 3.05) is 0 Å². The Hall–Kier alpha value is -1.65. The van der Waals surface area contributed by atoms with Crippen LogP contribution in [-0.2, 0) is 6.61 Å². The monoisotopic (exact) mass is 295 g/mol. The summed E-state index contributed by atoms with van der Waals surface area (Å²) in [6, 6.07) is 11.7. The molecule has 2 nitrogen and oxygen atoms in total. The van der Waals surface area contributed by atoms with E-state index in [1.165, 1.54) is 6.07 Å². The summed E-state index contributed by atoms with van der Waals surface area (Å²) in [5.74, 6) is 0.0840. The van der Waals surface area contributed by atoms with Crippen LogP contribution in [-0.4, -0.2) is 4.99 Å². The molecule has 0 spiro atoms. The number of halogens is 2. The molecule has 0 saturated heterocycles. The molecule has 5 heteroatoms. The van der Waals surface area contributed by atoms with Crippen molar-refractivity contribution in [2.24, 2.45) is 5.73 Å². The van der Waals surface area contributed by atoms with Gasteiger partial charge in [0, 0.05) is 5.56 Å². The third-order valence-corrected chi connectivity index (χ3v) is 3.21. The molecule has 0 unspecified atom stereocenters. The molecule has 0 amide bonds. The fourth-order valence-corrected chi connectivity index (χ4v) is 1.96. The van der Waals surface area contributed by atoms with Crippen LogP contribution in [0.4, 0.5) is 4.39 Å². The molecular weight excluding hydrogens is 285 g/mol. The molecule has 0 heterocycles. The molecule has 2 rings (SSSR count). The summed E-state index contributed by atoms with van der Waals surface area (Å²) in [5.41, 5.74) is 6.82. The number of hydrogen-bond donors (Lipinski definition) is 1. The normalized spacial score (nSPS) is 10.2. The molecule has 0 bridgehead atoms. The topological polar surface area (TPSA) is 35.2 Å². The second-order valence-electron chi connectivity index (χ2n) is 3.86. The van der Waals surface area contributed by atoms with Gasteiger partial charge in [-0.2, -0.15) is 0 Å². The summed E-state index contributed by atoms with van der Waals surface area (Å²) >= 11 is 10.8. The summed E-state index contributed by atoms with van der Waals surface area (Å²) in [7, 11) is 0. The minimum atomic E-state index is -0.467. The van der Waals surface area contributed by atoms with Crippen LogP contribution >= 0.6 is 23.8 Å². The van der Waals surface area contributed by atoms with Crippen molar-refractivity contribution in [2.45, 2.75) is 6.61 Å². The Kier molecular flexibility index (Phi) is 4.35. The summed E-state index contributed by atoms with van der Waals surface area (Å²) < 4.78 is 18.9. The predicted octanol–water partition coefficient (Wildman–Crippen LogP) is 3.69. The Morgan fingerprint density at radius 1 is 1.21 bits per heavy atom. The standard InChI is InChI=1S/C14H11ClFNOS/c15-13-9(4-3-6-11(13)16)8-18-12-7-2-1-5-10(12)14(17)19/h1-7H,8H2,(H2,17,19). The van der Waals surface area contributed by atoms with Gasteiger partial charge < -0.3 is 10.5 Å². The average Bonchev–Trinajstić information content (AvgIpc) is 2.40. The molecule has 0 aromatic heterocycles. The van der Waals surface area contributed by atoms with Gasteiger partial charge in [-0.3, -0.25) is 0 Å². The van der Waals surface area contributed by atoms with Crippen LogP contribution < -0.4 is 10.5 Å². The van der Waals surface area contributed by atoms with Crippen LogP contribution in [0.15, 0.2) is 42.5 Å². The zero-order valence-electron chi connectivity index (χ0n) is 9.90. The molecule has 98 valence electrons. The highest BCUT2D eigenvalue weighted by atomic mass is 35.5. The highest BCUT2D eigenvalue weighted by molar-refractivity contribution is 7.80. The number of benzene rings is 2. The average molecular weight is 296 g/mol. The number of nitrogens with two attached hydrogens (primary N) is 1. The van der Waals surface area contributed by atoms with E-state index >= 15 is 0 Å². The summed E-state index contributed by atoms with van der Waals surface area (Å²) in [6.07, 6.45) is 0. The lowest BCUT2D eigenvalue weighted by atomic mass is 10.2. The fraction of sp³-hybridized carbons (Fsp3) is 0.0714. The first-order chi connectivity index (χ1) is 9.09. The van der Waals surface area contributed by atoms with E-state index in [0.717, 1.165) is 0 Å². The van der Waals surface area contributed by atoms with Crippen LogP contribution in [0.3, 0.4) is 0 Å². The Balaban J connectivity index is 2.19. The highest BCUT2D eigenvalue weighted by Crippen LogP contribution is 2.23. The largest absolute Gasteiger partial charge is 0.488 e. The maximum Gasteiger partial charge on any atom is 0.142 e. The molecular formula is C14H11ClFNOS. The van der Waals surface area contributed by atoms with Crippen molar-refractivity contribution in [3.63, 3.8) is 0 Å². The second kappa shape index (κ2) is 5.99. The Morgan fingerprint density at radius 2 is 1.95 bits per heavy atom. The molecule has 2 aromatic rings. The maximum absolute atomic E-state index is 13.3. The third-order valence-electron chi connectivity index (χ3n) is 2.57. The van der Waals surface area contributed by atoms with E-state index in [1.807, 2.05) is 12.1 Å². The lowest BCUT2D eigenvalue weighted by Gasteiger charge is -2.11. The number of rotatable bonds is 4. The van der Waals surface area contributed by atoms with Crippen molar-refractivity contribution >= 4 is 28.8 Å². The van der Waals surface area contributed by atoms with Gasteiger partial charge in [-0.25, -0.2) is 4.39 Å². The van der Waals surface area contributed by atoms with Crippen molar-refractivity contribution in [1.29, 1.82) is 0 Å². The van der Waals surface area contributed by atoms with Crippen molar-refractivity contribution in [1.82, 2.24) is 0 Å². The SMILES string of the molecule is NC(=S)c1ccccc1OCc1cccc(F)c1Cl. The van der Waals surface area contributed by atoms with Crippen LogP contribution in [0.2, 0.25) is 5.02 Å². The second-order valence-corrected chi connectivity index (χ2v) is 4.68. The molecule has 0 aliphatic rings. The molecule has 0 saturated carbocycles. The summed E-state index contributed by atoms with van der Waals surface area (Å²) in [5, 5.41) is 0.0651. The van der Waals surface area contributed by atoms with Crippen LogP contribution in [0.25, 0.3) is 0 Å². The van der Waals surface area contributed by atoms with Gasteiger partial charge in [0.2, 0.25) is 0 Å². The van der Waals surface area contributed by atoms with Crippen molar-refractivity contribution in [3.05, 3.63) is 64.4 Å². The first-order valence-electron chi connectivity index (χ1n) is 5.54. The van der Waals surface area contributed by atoms with Crippen LogP contribution in [0.1, 0.15) is 11.1 Å². The molecule has 0 aliphatic carbocycles. The van der Waals surface area contributed by atoms with Gasteiger partial charge >= 0.3 is 0 Å². The predicted molar refractivity (Wildman–Crippen MR) is 78.1 cm³/mol. The smallest absolute Gasteiger partial charge is 0.142 e.